The first-order chi connectivity index (χ1) is 16.6. The number of aliphatic hydroxyl groups excluding tert-OH is 1. The highest BCUT2D eigenvalue weighted by Gasteiger charge is 2.44. The van der Waals surface area contributed by atoms with Gasteiger partial charge >= 0.3 is 0 Å². The van der Waals surface area contributed by atoms with E-state index in [0.717, 1.165) is 11.1 Å². The number of hydrogen-bond donors (Lipinski definition) is 1. The Balaban J connectivity index is 1.80. The van der Waals surface area contributed by atoms with Crippen molar-refractivity contribution in [2.45, 2.75) is 25.8 Å². The van der Waals surface area contributed by atoms with Crippen LogP contribution in [0.2, 0.25) is 5.02 Å². The smallest absolute Gasteiger partial charge is 0.290 e. The Hall–Kier alpha value is -3.29. The molecule has 1 amide bonds. The molecule has 0 spiro atoms. The van der Waals surface area contributed by atoms with Crippen LogP contribution in [-0.2, 0) is 4.79 Å². The van der Waals surface area contributed by atoms with Crippen molar-refractivity contribution >= 4 is 34.3 Å². The minimum Gasteiger partial charge on any atom is -0.503 e. The fourth-order valence-corrected chi connectivity index (χ4v) is 4.53. The zero-order valence-corrected chi connectivity index (χ0v) is 21.2. The van der Waals surface area contributed by atoms with E-state index in [2.05, 4.69) is 13.8 Å². The van der Waals surface area contributed by atoms with E-state index in [1.54, 1.807) is 18.2 Å². The SMILES string of the molecule is COc1cc(Cl)cc2cc(C(=O)C3=C(O)C(=O)N(CCN(C)C)C3c3ccc(C(C)C)cc3)oc12. The minimum absolute atomic E-state index is 0.00447. The summed E-state index contributed by atoms with van der Waals surface area (Å²) < 4.78 is 11.2. The summed E-state index contributed by atoms with van der Waals surface area (Å²) in [5.41, 5.74) is 2.24. The van der Waals surface area contributed by atoms with E-state index in [-0.39, 0.29) is 11.3 Å². The van der Waals surface area contributed by atoms with Crippen molar-refractivity contribution in [1.82, 2.24) is 9.80 Å². The number of benzene rings is 2. The minimum atomic E-state index is -0.741. The van der Waals surface area contributed by atoms with Crippen LogP contribution < -0.4 is 4.74 Å². The van der Waals surface area contributed by atoms with Gasteiger partial charge in [0.25, 0.3) is 5.91 Å². The first-order valence-corrected chi connectivity index (χ1v) is 11.8. The predicted molar refractivity (Wildman–Crippen MR) is 135 cm³/mol. The number of halogens is 1. The molecule has 0 bridgehead atoms. The van der Waals surface area contributed by atoms with E-state index in [1.807, 2.05) is 43.3 Å². The van der Waals surface area contributed by atoms with Crippen molar-refractivity contribution in [2.24, 2.45) is 0 Å². The molecular weight excluding hydrogens is 468 g/mol. The summed E-state index contributed by atoms with van der Waals surface area (Å²) in [4.78, 5) is 30.3. The number of ketones is 1. The van der Waals surface area contributed by atoms with E-state index < -0.39 is 23.5 Å². The maximum Gasteiger partial charge on any atom is 0.290 e. The molecule has 0 saturated heterocycles. The van der Waals surface area contributed by atoms with Gasteiger partial charge in [-0.3, -0.25) is 9.59 Å². The topological polar surface area (TPSA) is 83.2 Å². The van der Waals surface area contributed by atoms with Crippen molar-refractivity contribution in [2.75, 3.05) is 34.3 Å². The predicted octanol–water partition coefficient (Wildman–Crippen LogP) is 5.36. The second-order valence-electron chi connectivity index (χ2n) is 9.25. The number of likely N-dealkylation sites (N-methyl/N-ethyl adjacent to an activating group) is 1. The zero-order valence-electron chi connectivity index (χ0n) is 20.5. The molecule has 0 radical (unpaired) electrons. The summed E-state index contributed by atoms with van der Waals surface area (Å²) >= 11 is 6.17. The monoisotopic (exact) mass is 496 g/mol. The van der Waals surface area contributed by atoms with Crippen LogP contribution in [0.4, 0.5) is 0 Å². The maximum atomic E-state index is 13.7. The van der Waals surface area contributed by atoms with E-state index in [9.17, 15) is 14.7 Å². The van der Waals surface area contributed by atoms with Gasteiger partial charge in [0, 0.05) is 29.6 Å². The van der Waals surface area contributed by atoms with Gasteiger partial charge < -0.3 is 24.1 Å². The third-order valence-corrected chi connectivity index (χ3v) is 6.46. The van der Waals surface area contributed by atoms with Gasteiger partial charge in [0.15, 0.2) is 22.9 Å². The third kappa shape index (κ3) is 4.66. The molecule has 3 aromatic rings. The number of fused-ring (bicyclic) bond motifs is 1. The first kappa shape index (κ1) is 24.8. The molecule has 1 unspecified atom stereocenters. The largest absolute Gasteiger partial charge is 0.503 e. The first-order valence-electron chi connectivity index (χ1n) is 11.4. The lowest BCUT2D eigenvalue weighted by Crippen LogP contribution is -2.36. The Morgan fingerprint density at radius 2 is 1.89 bits per heavy atom. The Morgan fingerprint density at radius 1 is 1.20 bits per heavy atom. The Bertz CT molecular complexity index is 1310. The van der Waals surface area contributed by atoms with Crippen molar-refractivity contribution in [3.63, 3.8) is 0 Å². The molecule has 1 aromatic heterocycles. The van der Waals surface area contributed by atoms with Crippen LogP contribution in [0, 0.1) is 0 Å². The number of carbonyl (C=O) groups excluding carboxylic acids is 2. The van der Waals surface area contributed by atoms with E-state index in [4.69, 9.17) is 20.8 Å². The molecule has 2 aromatic carbocycles. The second-order valence-corrected chi connectivity index (χ2v) is 9.69. The molecule has 1 aliphatic rings. The fraction of sp³-hybridized carbons (Fsp3) is 0.333. The summed E-state index contributed by atoms with van der Waals surface area (Å²) in [5.74, 6) is -0.979. The highest BCUT2D eigenvalue weighted by molar-refractivity contribution is 6.31. The molecule has 184 valence electrons. The van der Waals surface area contributed by atoms with Crippen molar-refractivity contribution < 1.29 is 23.8 Å². The van der Waals surface area contributed by atoms with Crippen molar-refractivity contribution in [1.29, 1.82) is 0 Å². The number of hydrogen-bond acceptors (Lipinski definition) is 6. The fourth-order valence-electron chi connectivity index (χ4n) is 4.32. The van der Waals surface area contributed by atoms with Gasteiger partial charge in [-0.05, 0) is 43.3 Å². The van der Waals surface area contributed by atoms with Gasteiger partial charge in [0.05, 0.1) is 18.7 Å². The Kier molecular flexibility index (Phi) is 6.92. The number of nitrogens with zero attached hydrogens (tertiary/aromatic N) is 2. The molecule has 7 nitrogen and oxygen atoms in total. The number of carbonyl (C=O) groups is 2. The van der Waals surface area contributed by atoms with Crippen molar-refractivity contribution in [3.05, 3.63) is 75.7 Å². The van der Waals surface area contributed by atoms with E-state index in [0.29, 0.717) is 40.7 Å². The zero-order chi connectivity index (χ0) is 25.4. The van der Waals surface area contributed by atoms with Crippen LogP contribution in [0.25, 0.3) is 11.0 Å². The van der Waals surface area contributed by atoms with Crippen LogP contribution in [0.1, 0.15) is 47.5 Å². The highest BCUT2D eigenvalue weighted by Crippen LogP contribution is 2.41. The third-order valence-electron chi connectivity index (χ3n) is 6.25. The number of rotatable bonds is 8. The number of ether oxygens (including phenoxy) is 1. The molecule has 1 N–H and O–H groups in total. The Morgan fingerprint density at radius 3 is 2.49 bits per heavy atom. The number of furan rings is 1. The number of methoxy groups -OCH3 is 1. The molecule has 4 rings (SSSR count). The van der Waals surface area contributed by atoms with Crippen LogP contribution >= 0.6 is 11.6 Å². The lowest BCUT2D eigenvalue weighted by Gasteiger charge is -2.28. The summed E-state index contributed by atoms with van der Waals surface area (Å²) in [5, 5.41) is 11.9. The number of amides is 1. The normalized spacial score (nSPS) is 16.3. The number of Topliss-reactive ketones (excluding diaryl/α,β-unsaturated/α-hetero) is 1. The van der Waals surface area contributed by atoms with Gasteiger partial charge in [-0.1, -0.05) is 49.7 Å². The van der Waals surface area contributed by atoms with E-state index in [1.165, 1.54) is 12.0 Å². The standard InChI is InChI=1S/C27H29ClN2O5/c1-15(2)16-6-8-17(9-7-16)23-22(25(32)27(33)30(23)11-10-29(3)4)24(31)20-13-18-12-19(28)14-21(34-5)26(18)35-20/h6-9,12-15,23,32H,10-11H2,1-5H3. The van der Waals surface area contributed by atoms with Crippen LogP contribution in [0.15, 0.2) is 58.2 Å². The summed E-state index contributed by atoms with van der Waals surface area (Å²) in [6.45, 7) is 5.11. The molecule has 0 aliphatic carbocycles. The van der Waals surface area contributed by atoms with Crippen LogP contribution in [0.3, 0.4) is 0 Å². The average molecular weight is 497 g/mol. The molecule has 0 fully saturated rings. The van der Waals surface area contributed by atoms with E-state index >= 15 is 0 Å². The molecule has 8 heteroatoms. The van der Waals surface area contributed by atoms with Crippen molar-refractivity contribution in [3.8, 4) is 5.75 Å². The Labute approximate surface area is 209 Å². The van der Waals surface area contributed by atoms with Crippen LogP contribution in [-0.4, -0.2) is 60.9 Å². The molecule has 1 aliphatic heterocycles. The summed E-state index contributed by atoms with van der Waals surface area (Å²) in [7, 11) is 5.29. The molecule has 35 heavy (non-hydrogen) atoms. The maximum absolute atomic E-state index is 13.7. The van der Waals surface area contributed by atoms with Gasteiger partial charge in [-0.25, -0.2) is 0 Å². The van der Waals surface area contributed by atoms with Gasteiger partial charge in [0.1, 0.15) is 0 Å². The summed E-state index contributed by atoms with van der Waals surface area (Å²) in [6.07, 6.45) is 0. The van der Waals surface area contributed by atoms with Gasteiger partial charge in [-0.2, -0.15) is 0 Å². The average Bonchev–Trinajstić information content (AvgIpc) is 3.35. The molecule has 1 atom stereocenters. The lowest BCUT2D eigenvalue weighted by molar-refractivity contribution is -0.129. The molecule has 0 saturated carbocycles. The van der Waals surface area contributed by atoms with Gasteiger partial charge in [-0.15, -0.1) is 0 Å². The molecular formula is C27H29ClN2O5. The van der Waals surface area contributed by atoms with Gasteiger partial charge in [0.2, 0.25) is 5.78 Å². The quantitative estimate of drug-likeness (QED) is 0.423. The molecule has 2 heterocycles. The second kappa shape index (κ2) is 9.76. The highest BCUT2D eigenvalue weighted by atomic mass is 35.5. The summed E-state index contributed by atoms with van der Waals surface area (Å²) in [6, 6.07) is 11.9. The number of aliphatic hydroxyl groups is 1. The lowest BCUT2D eigenvalue weighted by atomic mass is 9.93. The van der Waals surface area contributed by atoms with Crippen LogP contribution in [0.5, 0.6) is 5.75 Å².